The van der Waals surface area contributed by atoms with Crippen molar-refractivity contribution in [3.63, 3.8) is 0 Å². The number of Topliss-reactive ketones (excluding diaryl/α,β-unsaturated/α-hetero) is 1. The minimum atomic E-state index is -0.189. The second kappa shape index (κ2) is 6.54. The Bertz CT molecular complexity index is 399. The average Bonchev–Trinajstić information content (AvgIpc) is 2.72. The van der Waals surface area contributed by atoms with Gasteiger partial charge in [-0.3, -0.25) is 9.48 Å². The Labute approximate surface area is 108 Å². The maximum Gasteiger partial charge on any atom is 0.189 e. The van der Waals surface area contributed by atoms with Crippen molar-refractivity contribution in [3.05, 3.63) is 11.9 Å². The van der Waals surface area contributed by atoms with E-state index < -0.39 is 0 Å². The minimum Gasteiger partial charge on any atom is -0.493 e. The number of aromatic nitrogens is 2. The summed E-state index contributed by atoms with van der Waals surface area (Å²) in [5.41, 5.74) is 6.25. The lowest BCUT2D eigenvalue weighted by Gasteiger charge is -2.18. The predicted octanol–water partition coefficient (Wildman–Crippen LogP) is 1.72. The van der Waals surface area contributed by atoms with Gasteiger partial charge in [0.1, 0.15) is 5.69 Å². The molecule has 1 aromatic heterocycles. The van der Waals surface area contributed by atoms with E-state index in [-0.39, 0.29) is 17.6 Å². The van der Waals surface area contributed by atoms with Crippen LogP contribution in [0.5, 0.6) is 5.75 Å². The molecule has 0 aliphatic heterocycles. The topological polar surface area (TPSA) is 70.1 Å². The van der Waals surface area contributed by atoms with Crippen molar-refractivity contribution in [1.82, 2.24) is 9.78 Å². The zero-order valence-corrected chi connectivity index (χ0v) is 11.6. The van der Waals surface area contributed by atoms with Gasteiger partial charge in [-0.2, -0.15) is 5.10 Å². The second-order valence-corrected chi connectivity index (χ2v) is 4.74. The molecular formula is C13H23N3O2. The molecule has 5 heteroatoms. The van der Waals surface area contributed by atoms with Crippen LogP contribution in [0.4, 0.5) is 0 Å². The Morgan fingerprint density at radius 3 is 2.67 bits per heavy atom. The zero-order chi connectivity index (χ0) is 13.7. The average molecular weight is 253 g/mol. The van der Waals surface area contributed by atoms with Crippen LogP contribution in [0.1, 0.15) is 37.7 Å². The van der Waals surface area contributed by atoms with Crippen molar-refractivity contribution in [1.29, 1.82) is 0 Å². The summed E-state index contributed by atoms with van der Waals surface area (Å²) in [5.74, 6) is 0.575. The molecule has 18 heavy (non-hydrogen) atoms. The van der Waals surface area contributed by atoms with Crippen molar-refractivity contribution in [2.75, 3.05) is 13.7 Å². The quantitative estimate of drug-likeness (QED) is 0.751. The third-order valence-corrected chi connectivity index (χ3v) is 3.09. The summed E-state index contributed by atoms with van der Waals surface area (Å²) in [6, 6.07) is 0. The number of nitrogens with zero attached hydrogens (tertiary/aromatic N) is 2. The number of hydrogen-bond donors (Lipinski definition) is 1. The van der Waals surface area contributed by atoms with Gasteiger partial charge in [-0.25, -0.2) is 0 Å². The summed E-state index contributed by atoms with van der Waals surface area (Å²) in [7, 11) is 1.55. The minimum absolute atomic E-state index is 0.0234. The summed E-state index contributed by atoms with van der Waals surface area (Å²) in [6.07, 6.45) is 2.51. The van der Waals surface area contributed by atoms with Gasteiger partial charge in [-0.05, 0) is 12.3 Å². The molecule has 0 saturated heterocycles. The smallest absolute Gasteiger partial charge is 0.189 e. The summed E-state index contributed by atoms with van der Waals surface area (Å²) < 4.78 is 6.94. The molecule has 0 fully saturated rings. The summed E-state index contributed by atoms with van der Waals surface area (Å²) >= 11 is 0. The maximum absolute atomic E-state index is 12.5. The Morgan fingerprint density at radius 1 is 1.56 bits per heavy atom. The molecule has 0 aliphatic carbocycles. The SMILES string of the molecule is CCCn1ncc(OC)c1C(=O)C(CN)C(C)C. The normalized spacial score (nSPS) is 12.8. The van der Waals surface area contributed by atoms with E-state index in [1.54, 1.807) is 18.0 Å². The van der Waals surface area contributed by atoms with Gasteiger partial charge >= 0.3 is 0 Å². The first-order valence-electron chi connectivity index (χ1n) is 6.40. The third kappa shape index (κ3) is 2.90. The van der Waals surface area contributed by atoms with Gasteiger partial charge in [0, 0.05) is 19.0 Å². The molecule has 1 rings (SSSR count). The molecule has 0 radical (unpaired) electrons. The molecule has 1 aromatic rings. The lowest BCUT2D eigenvalue weighted by molar-refractivity contribution is 0.0877. The third-order valence-electron chi connectivity index (χ3n) is 3.09. The molecule has 0 spiro atoms. The standard InChI is InChI=1S/C13H23N3O2/c1-5-6-16-12(11(18-4)8-15-16)13(17)10(7-14)9(2)3/h8-10H,5-7,14H2,1-4H3. The van der Waals surface area contributed by atoms with Gasteiger partial charge in [0.25, 0.3) is 0 Å². The van der Waals surface area contributed by atoms with Crippen LogP contribution in [0.15, 0.2) is 6.20 Å². The lowest BCUT2D eigenvalue weighted by Crippen LogP contribution is -2.30. The molecule has 2 N–H and O–H groups in total. The van der Waals surface area contributed by atoms with Crippen molar-refractivity contribution >= 4 is 5.78 Å². The van der Waals surface area contributed by atoms with Crippen LogP contribution in [-0.2, 0) is 6.54 Å². The number of ether oxygens (including phenoxy) is 1. The highest BCUT2D eigenvalue weighted by Gasteiger charge is 2.28. The number of nitrogens with two attached hydrogens (primary N) is 1. The van der Waals surface area contributed by atoms with Gasteiger partial charge in [-0.1, -0.05) is 20.8 Å². The van der Waals surface area contributed by atoms with Gasteiger partial charge in [-0.15, -0.1) is 0 Å². The molecular weight excluding hydrogens is 230 g/mol. The first-order valence-corrected chi connectivity index (χ1v) is 6.40. The van der Waals surface area contributed by atoms with Crippen molar-refractivity contribution < 1.29 is 9.53 Å². The Balaban J connectivity index is 3.12. The van der Waals surface area contributed by atoms with Crippen LogP contribution >= 0.6 is 0 Å². The highest BCUT2D eigenvalue weighted by Crippen LogP contribution is 2.24. The number of carbonyl (C=O) groups is 1. The number of rotatable bonds is 7. The van der Waals surface area contributed by atoms with Crippen LogP contribution in [-0.4, -0.2) is 29.2 Å². The zero-order valence-electron chi connectivity index (χ0n) is 11.6. The molecule has 5 nitrogen and oxygen atoms in total. The van der Waals surface area contributed by atoms with Crippen LogP contribution in [0.2, 0.25) is 0 Å². The van der Waals surface area contributed by atoms with E-state index in [0.29, 0.717) is 24.5 Å². The van der Waals surface area contributed by atoms with Crippen molar-refractivity contribution in [2.45, 2.75) is 33.7 Å². The first kappa shape index (κ1) is 14.7. The molecule has 0 bridgehead atoms. The fraction of sp³-hybridized carbons (Fsp3) is 0.692. The number of ketones is 1. The lowest BCUT2D eigenvalue weighted by atomic mass is 9.90. The van der Waals surface area contributed by atoms with Crippen LogP contribution < -0.4 is 10.5 Å². The fourth-order valence-corrected chi connectivity index (χ4v) is 2.01. The summed E-state index contributed by atoms with van der Waals surface area (Å²) in [6.45, 7) is 7.10. The predicted molar refractivity (Wildman–Crippen MR) is 70.8 cm³/mol. The Kier molecular flexibility index (Phi) is 5.34. The van der Waals surface area contributed by atoms with E-state index in [0.717, 1.165) is 6.42 Å². The summed E-state index contributed by atoms with van der Waals surface area (Å²) in [4.78, 5) is 12.5. The second-order valence-electron chi connectivity index (χ2n) is 4.74. The Morgan fingerprint density at radius 2 is 2.22 bits per heavy atom. The first-order chi connectivity index (χ1) is 8.56. The molecule has 1 atom stereocenters. The molecule has 1 unspecified atom stereocenters. The molecule has 0 saturated carbocycles. The highest BCUT2D eigenvalue weighted by molar-refractivity contribution is 5.99. The number of hydrogen-bond acceptors (Lipinski definition) is 4. The van der Waals surface area contributed by atoms with E-state index in [2.05, 4.69) is 5.10 Å². The maximum atomic E-state index is 12.5. The number of aryl methyl sites for hydroxylation is 1. The van der Waals surface area contributed by atoms with Gasteiger partial charge in [0.2, 0.25) is 0 Å². The van der Waals surface area contributed by atoms with E-state index >= 15 is 0 Å². The molecule has 102 valence electrons. The molecule has 0 aromatic carbocycles. The van der Waals surface area contributed by atoms with Crippen LogP contribution in [0.25, 0.3) is 0 Å². The monoisotopic (exact) mass is 253 g/mol. The van der Waals surface area contributed by atoms with Crippen molar-refractivity contribution in [2.24, 2.45) is 17.6 Å². The molecule has 0 aliphatic rings. The van der Waals surface area contributed by atoms with E-state index in [1.165, 1.54) is 0 Å². The van der Waals surface area contributed by atoms with E-state index in [9.17, 15) is 4.79 Å². The van der Waals surface area contributed by atoms with Crippen molar-refractivity contribution in [3.8, 4) is 5.75 Å². The van der Waals surface area contributed by atoms with Crippen LogP contribution in [0, 0.1) is 11.8 Å². The number of carbonyl (C=O) groups excluding carboxylic acids is 1. The highest BCUT2D eigenvalue weighted by atomic mass is 16.5. The number of methoxy groups -OCH3 is 1. The van der Waals surface area contributed by atoms with E-state index in [4.69, 9.17) is 10.5 Å². The Hall–Kier alpha value is -1.36. The van der Waals surface area contributed by atoms with Crippen LogP contribution in [0.3, 0.4) is 0 Å². The van der Waals surface area contributed by atoms with Gasteiger partial charge in [0.15, 0.2) is 11.5 Å². The summed E-state index contributed by atoms with van der Waals surface area (Å²) in [5, 5.41) is 4.20. The van der Waals surface area contributed by atoms with Gasteiger partial charge < -0.3 is 10.5 Å². The largest absolute Gasteiger partial charge is 0.493 e. The fourth-order valence-electron chi connectivity index (χ4n) is 2.01. The van der Waals surface area contributed by atoms with E-state index in [1.807, 2.05) is 20.8 Å². The molecule has 1 heterocycles. The molecule has 0 amide bonds. The van der Waals surface area contributed by atoms with Gasteiger partial charge in [0.05, 0.1) is 13.3 Å².